The van der Waals surface area contributed by atoms with Crippen LogP contribution < -0.4 is 0 Å². The normalized spacial score (nSPS) is 15.6. The standard InChI is InChI=1S/C11H12N2O3S/c14-11(12-5-7-17-8-6-12)9-1-3-10(4-2-9)13(15)16/h1-4H,5-8H2. The number of nitro benzene ring substituents is 1. The van der Waals surface area contributed by atoms with Crippen LogP contribution in [-0.2, 0) is 0 Å². The predicted octanol–water partition coefficient (Wildman–Crippen LogP) is 1.78. The summed E-state index contributed by atoms with van der Waals surface area (Å²) in [5, 5.41) is 10.5. The Hall–Kier alpha value is -1.56. The first-order valence-corrected chi connectivity index (χ1v) is 6.45. The van der Waals surface area contributed by atoms with Gasteiger partial charge in [-0.05, 0) is 12.1 Å². The fraction of sp³-hybridized carbons (Fsp3) is 0.364. The summed E-state index contributed by atoms with van der Waals surface area (Å²) in [5.74, 6) is 1.87. The highest BCUT2D eigenvalue weighted by atomic mass is 32.2. The third kappa shape index (κ3) is 2.76. The maximum absolute atomic E-state index is 12.0. The maximum Gasteiger partial charge on any atom is 0.269 e. The number of benzene rings is 1. The number of hydrogen-bond donors (Lipinski definition) is 0. The lowest BCUT2D eigenvalue weighted by atomic mass is 10.2. The van der Waals surface area contributed by atoms with Gasteiger partial charge in [0.15, 0.2) is 0 Å². The SMILES string of the molecule is O=C(c1ccc([N+](=O)[O-])cc1)N1CCSCC1. The summed E-state index contributed by atoms with van der Waals surface area (Å²) in [6, 6.07) is 5.77. The molecule has 1 aromatic rings. The third-order valence-electron chi connectivity index (χ3n) is 2.62. The molecule has 1 aromatic carbocycles. The van der Waals surface area contributed by atoms with Crippen molar-refractivity contribution in [2.45, 2.75) is 0 Å². The summed E-state index contributed by atoms with van der Waals surface area (Å²) in [6.45, 7) is 1.50. The maximum atomic E-state index is 12.0. The van der Waals surface area contributed by atoms with E-state index in [-0.39, 0.29) is 11.6 Å². The highest BCUT2D eigenvalue weighted by molar-refractivity contribution is 7.99. The number of rotatable bonds is 2. The van der Waals surface area contributed by atoms with Crippen LogP contribution in [0.25, 0.3) is 0 Å². The van der Waals surface area contributed by atoms with E-state index in [4.69, 9.17) is 0 Å². The Labute approximate surface area is 103 Å². The van der Waals surface area contributed by atoms with Crippen LogP contribution in [0.2, 0.25) is 0 Å². The molecular formula is C11H12N2O3S. The van der Waals surface area contributed by atoms with Gasteiger partial charge in [0.25, 0.3) is 11.6 Å². The number of nitro groups is 1. The minimum Gasteiger partial charge on any atom is -0.337 e. The average molecular weight is 252 g/mol. The Bertz CT molecular complexity index is 427. The van der Waals surface area contributed by atoms with Gasteiger partial charge in [-0.2, -0.15) is 11.8 Å². The van der Waals surface area contributed by atoms with Crippen molar-refractivity contribution in [3.05, 3.63) is 39.9 Å². The largest absolute Gasteiger partial charge is 0.337 e. The number of nitrogens with zero attached hydrogens (tertiary/aromatic N) is 2. The monoisotopic (exact) mass is 252 g/mol. The first-order valence-electron chi connectivity index (χ1n) is 5.30. The van der Waals surface area contributed by atoms with Crippen LogP contribution in [0, 0.1) is 10.1 Å². The Morgan fingerprint density at radius 1 is 1.24 bits per heavy atom. The van der Waals surface area contributed by atoms with Gasteiger partial charge in [-0.1, -0.05) is 0 Å². The summed E-state index contributed by atoms with van der Waals surface area (Å²) in [4.78, 5) is 23.8. The van der Waals surface area contributed by atoms with E-state index in [2.05, 4.69) is 0 Å². The molecule has 0 unspecified atom stereocenters. The molecule has 1 fully saturated rings. The zero-order valence-corrected chi connectivity index (χ0v) is 9.98. The highest BCUT2D eigenvalue weighted by Crippen LogP contribution is 2.16. The fourth-order valence-corrected chi connectivity index (χ4v) is 2.58. The van der Waals surface area contributed by atoms with Gasteiger partial charge in [0.1, 0.15) is 0 Å². The van der Waals surface area contributed by atoms with Crippen LogP contribution in [0.1, 0.15) is 10.4 Å². The fourth-order valence-electron chi connectivity index (χ4n) is 1.67. The van der Waals surface area contributed by atoms with Gasteiger partial charge >= 0.3 is 0 Å². The molecule has 1 aliphatic rings. The molecule has 1 amide bonds. The number of non-ortho nitro benzene ring substituents is 1. The summed E-state index contributed by atoms with van der Waals surface area (Å²) < 4.78 is 0. The number of carbonyl (C=O) groups is 1. The van der Waals surface area contributed by atoms with Crippen LogP contribution in [0.5, 0.6) is 0 Å². The first-order chi connectivity index (χ1) is 8.18. The van der Waals surface area contributed by atoms with Crippen molar-refractivity contribution >= 4 is 23.4 Å². The van der Waals surface area contributed by atoms with E-state index in [0.717, 1.165) is 24.6 Å². The van der Waals surface area contributed by atoms with Gasteiger partial charge in [0.2, 0.25) is 0 Å². The zero-order valence-electron chi connectivity index (χ0n) is 9.17. The van der Waals surface area contributed by atoms with Crippen molar-refractivity contribution < 1.29 is 9.72 Å². The van der Waals surface area contributed by atoms with Gasteiger partial charge in [0, 0.05) is 42.3 Å². The number of carbonyl (C=O) groups excluding carboxylic acids is 1. The van der Waals surface area contributed by atoms with Crippen molar-refractivity contribution in [3.8, 4) is 0 Å². The molecule has 17 heavy (non-hydrogen) atoms. The molecule has 5 nitrogen and oxygen atoms in total. The van der Waals surface area contributed by atoms with E-state index in [1.807, 2.05) is 11.8 Å². The molecule has 0 aromatic heterocycles. The van der Waals surface area contributed by atoms with Crippen LogP contribution in [0.3, 0.4) is 0 Å². The molecule has 0 atom stereocenters. The summed E-state index contributed by atoms with van der Waals surface area (Å²) in [6.07, 6.45) is 0. The Kier molecular flexibility index (Phi) is 3.63. The van der Waals surface area contributed by atoms with E-state index >= 15 is 0 Å². The van der Waals surface area contributed by atoms with Crippen LogP contribution >= 0.6 is 11.8 Å². The molecule has 0 radical (unpaired) electrons. The lowest BCUT2D eigenvalue weighted by Crippen LogP contribution is -2.37. The van der Waals surface area contributed by atoms with E-state index in [1.54, 1.807) is 4.90 Å². The molecule has 0 spiro atoms. The van der Waals surface area contributed by atoms with Crippen molar-refractivity contribution in [1.82, 2.24) is 4.90 Å². The van der Waals surface area contributed by atoms with E-state index in [1.165, 1.54) is 24.3 Å². The minimum absolute atomic E-state index is 0.00995. The van der Waals surface area contributed by atoms with Gasteiger partial charge in [-0.25, -0.2) is 0 Å². The van der Waals surface area contributed by atoms with Crippen molar-refractivity contribution in [2.75, 3.05) is 24.6 Å². The smallest absolute Gasteiger partial charge is 0.269 e. The van der Waals surface area contributed by atoms with Crippen molar-refractivity contribution in [1.29, 1.82) is 0 Å². The Balaban J connectivity index is 2.10. The molecule has 6 heteroatoms. The zero-order chi connectivity index (χ0) is 12.3. The summed E-state index contributed by atoms with van der Waals surface area (Å²) >= 11 is 1.83. The van der Waals surface area contributed by atoms with Crippen molar-refractivity contribution in [3.63, 3.8) is 0 Å². The molecule has 0 aliphatic carbocycles. The molecular weight excluding hydrogens is 240 g/mol. The molecule has 2 rings (SSSR count). The molecule has 0 saturated carbocycles. The average Bonchev–Trinajstić information content (AvgIpc) is 2.39. The second-order valence-electron chi connectivity index (χ2n) is 3.71. The van der Waals surface area contributed by atoms with Crippen molar-refractivity contribution in [2.24, 2.45) is 0 Å². The lowest BCUT2D eigenvalue weighted by Gasteiger charge is -2.26. The van der Waals surface area contributed by atoms with E-state index < -0.39 is 4.92 Å². The molecule has 0 N–H and O–H groups in total. The van der Waals surface area contributed by atoms with Gasteiger partial charge in [-0.3, -0.25) is 14.9 Å². The molecule has 1 aliphatic heterocycles. The van der Waals surface area contributed by atoms with Crippen LogP contribution in [0.15, 0.2) is 24.3 Å². The topological polar surface area (TPSA) is 63.4 Å². The van der Waals surface area contributed by atoms with E-state index in [9.17, 15) is 14.9 Å². The quantitative estimate of drug-likeness (QED) is 0.594. The summed E-state index contributed by atoms with van der Waals surface area (Å²) in [7, 11) is 0. The van der Waals surface area contributed by atoms with Crippen LogP contribution in [0.4, 0.5) is 5.69 Å². The number of thioether (sulfide) groups is 1. The minimum atomic E-state index is -0.466. The first kappa shape index (κ1) is 11.9. The van der Waals surface area contributed by atoms with E-state index in [0.29, 0.717) is 5.56 Å². The summed E-state index contributed by atoms with van der Waals surface area (Å²) in [5.41, 5.74) is 0.526. The third-order valence-corrected chi connectivity index (χ3v) is 3.57. The van der Waals surface area contributed by atoms with Gasteiger partial charge in [-0.15, -0.1) is 0 Å². The highest BCUT2D eigenvalue weighted by Gasteiger charge is 2.18. The Morgan fingerprint density at radius 3 is 2.35 bits per heavy atom. The van der Waals surface area contributed by atoms with Gasteiger partial charge < -0.3 is 4.90 Å². The predicted molar refractivity (Wildman–Crippen MR) is 66.3 cm³/mol. The molecule has 90 valence electrons. The second kappa shape index (κ2) is 5.18. The Morgan fingerprint density at radius 2 is 1.82 bits per heavy atom. The van der Waals surface area contributed by atoms with Gasteiger partial charge in [0.05, 0.1) is 4.92 Å². The second-order valence-corrected chi connectivity index (χ2v) is 4.93. The molecule has 1 heterocycles. The van der Waals surface area contributed by atoms with Crippen LogP contribution in [-0.4, -0.2) is 40.3 Å². The molecule has 0 bridgehead atoms. The molecule has 1 saturated heterocycles. The number of amides is 1. The number of hydrogen-bond acceptors (Lipinski definition) is 4. The lowest BCUT2D eigenvalue weighted by molar-refractivity contribution is -0.384.